The molecule has 1 atom stereocenters. The van der Waals surface area contributed by atoms with E-state index in [9.17, 15) is 21.6 Å². The summed E-state index contributed by atoms with van der Waals surface area (Å²) < 4.78 is 72.4. The molecule has 0 aliphatic carbocycles. The molecule has 2 rings (SSSR count). The van der Waals surface area contributed by atoms with Crippen molar-refractivity contribution >= 4 is 10.1 Å². The fourth-order valence-electron chi connectivity index (χ4n) is 1.32. The summed E-state index contributed by atoms with van der Waals surface area (Å²) in [6, 6.07) is 3.29. The summed E-state index contributed by atoms with van der Waals surface area (Å²) in [7, 11) is -5.70. The molecule has 1 aromatic carbocycles. The van der Waals surface area contributed by atoms with Gasteiger partial charge in [0.05, 0.1) is 0 Å². The van der Waals surface area contributed by atoms with Gasteiger partial charge in [-0.25, -0.2) is 0 Å². The van der Waals surface area contributed by atoms with Crippen LogP contribution in [0.1, 0.15) is 0 Å². The van der Waals surface area contributed by atoms with Crippen LogP contribution in [-0.2, 0) is 10.1 Å². The summed E-state index contributed by atoms with van der Waals surface area (Å²) >= 11 is 0. The fraction of sp³-hybridized carbons (Fsp3) is 0.300. The normalized spacial score (nSPS) is 19.1. The zero-order chi connectivity index (χ0) is 14.3. The lowest BCUT2D eigenvalue weighted by Crippen LogP contribution is -2.28. The Kier molecular flexibility index (Phi) is 3.25. The highest BCUT2D eigenvalue weighted by molar-refractivity contribution is 7.87. The molecule has 0 N–H and O–H groups in total. The van der Waals surface area contributed by atoms with Crippen LogP contribution in [0.5, 0.6) is 17.2 Å². The van der Waals surface area contributed by atoms with Gasteiger partial charge in [0.25, 0.3) is 0 Å². The van der Waals surface area contributed by atoms with E-state index < -0.39 is 27.5 Å². The number of hydrogen-bond donors (Lipinski definition) is 0. The van der Waals surface area contributed by atoms with E-state index in [2.05, 4.69) is 11.1 Å². The van der Waals surface area contributed by atoms with Crippen LogP contribution in [0.15, 0.2) is 18.2 Å². The maximum absolute atomic E-state index is 12.1. The molecule has 19 heavy (non-hydrogen) atoms. The lowest BCUT2D eigenvalue weighted by molar-refractivity contribution is -0.0500. The molecule has 105 valence electrons. The third-order valence-corrected chi connectivity index (χ3v) is 3.10. The molecule has 0 bridgehead atoms. The van der Waals surface area contributed by atoms with Crippen molar-refractivity contribution in [2.45, 2.75) is 11.6 Å². The molecule has 0 saturated heterocycles. The molecule has 9 heteroatoms. The third kappa shape index (κ3) is 2.86. The van der Waals surface area contributed by atoms with Crippen molar-refractivity contribution in [1.82, 2.24) is 0 Å². The van der Waals surface area contributed by atoms with E-state index >= 15 is 0 Å². The first-order valence-electron chi connectivity index (χ1n) is 4.96. The van der Waals surface area contributed by atoms with Gasteiger partial charge < -0.3 is 13.7 Å². The van der Waals surface area contributed by atoms with Crippen molar-refractivity contribution in [2.24, 2.45) is 0 Å². The van der Waals surface area contributed by atoms with Gasteiger partial charge in [0.15, 0.2) is 11.5 Å². The largest absolute Gasteiger partial charge is 0.534 e. The monoisotopic (exact) mass is 297 g/mol. The lowest BCUT2D eigenvalue weighted by atomic mass is 10.2. The summed E-state index contributed by atoms with van der Waals surface area (Å²) in [5.41, 5.74) is -5.49. The standard InChI is InChI=1S/C10H8F3O5S/c1-6-5-16-8-3-2-7(4-9(8)17-6)18-19(14,15)10(11,12)13/h2-4,6H,1,5H2. The molecular formula is C10H8F3O5S. The second-order valence-corrected chi connectivity index (χ2v) is 5.18. The first-order chi connectivity index (χ1) is 8.69. The maximum atomic E-state index is 12.1. The van der Waals surface area contributed by atoms with Gasteiger partial charge >= 0.3 is 15.6 Å². The smallest absolute Gasteiger partial charge is 0.486 e. The van der Waals surface area contributed by atoms with Crippen molar-refractivity contribution in [3.8, 4) is 17.2 Å². The van der Waals surface area contributed by atoms with Gasteiger partial charge in [0.1, 0.15) is 18.5 Å². The zero-order valence-electron chi connectivity index (χ0n) is 9.31. The van der Waals surface area contributed by atoms with Crippen LogP contribution in [0.25, 0.3) is 0 Å². The van der Waals surface area contributed by atoms with E-state index in [-0.39, 0.29) is 18.1 Å². The number of benzene rings is 1. The Hall–Kier alpha value is -1.64. The van der Waals surface area contributed by atoms with E-state index in [1.807, 2.05) is 0 Å². The molecule has 1 unspecified atom stereocenters. The predicted octanol–water partition coefficient (Wildman–Crippen LogP) is 1.89. The Bertz CT molecular complexity index is 581. The van der Waals surface area contributed by atoms with Crippen molar-refractivity contribution in [3.63, 3.8) is 0 Å². The minimum atomic E-state index is -5.70. The van der Waals surface area contributed by atoms with E-state index in [0.29, 0.717) is 0 Å². The van der Waals surface area contributed by atoms with E-state index in [4.69, 9.17) is 9.47 Å². The summed E-state index contributed by atoms with van der Waals surface area (Å²) in [4.78, 5) is 0. The van der Waals surface area contributed by atoms with Crippen LogP contribution < -0.4 is 13.7 Å². The van der Waals surface area contributed by atoms with Crippen molar-refractivity contribution in [1.29, 1.82) is 0 Å². The highest BCUT2D eigenvalue weighted by Crippen LogP contribution is 2.36. The number of alkyl halides is 3. The van der Waals surface area contributed by atoms with Gasteiger partial charge in [-0.1, -0.05) is 0 Å². The van der Waals surface area contributed by atoms with E-state index in [1.165, 1.54) is 6.07 Å². The summed E-state index contributed by atoms with van der Waals surface area (Å²) in [6.45, 7) is 3.74. The van der Waals surface area contributed by atoms with Crippen molar-refractivity contribution in [3.05, 3.63) is 25.1 Å². The lowest BCUT2D eigenvalue weighted by Gasteiger charge is -2.24. The number of halogens is 3. The molecule has 0 amide bonds. The van der Waals surface area contributed by atoms with Gasteiger partial charge in [0.2, 0.25) is 0 Å². The number of ether oxygens (including phenoxy) is 2. The highest BCUT2D eigenvalue weighted by atomic mass is 32.2. The van der Waals surface area contributed by atoms with Crippen LogP contribution in [0.2, 0.25) is 0 Å². The molecular weight excluding hydrogens is 289 g/mol. The van der Waals surface area contributed by atoms with Crippen molar-refractivity contribution < 1.29 is 35.2 Å². The fourth-order valence-corrected chi connectivity index (χ4v) is 1.77. The molecule has 1 radical (unpaired) electrons. The van der Waals surface area contributed by atoms with Crippen LogP contribution in [0, 0.1) is 6.92 Å². The summed E-state index contributed by atoms with van der Waals surface area (Å²) in [6.07, 6.45) is -0.540. The average Bonchev–Trinajstić information content (AvgIpc) is 2.26. The summed E-state index contributed by atoms with van der Waals surface area (Å²) in [5.74, 6) is -0.174. The quantitative estimate of drug-likeness (QED) is 0.616. The minimum Gasteiger partial charge on any atom is -0.486 e. The van der Waals surface area contributed by atoms with Crippen LogP contribution >= 0.6 is 0 Å². The Balaban J connectivity index is 2.26. The minimum absolute atomic E-state index is 0.0705. The summed E-state index contributed by atoms with van der Waals surface area (Å²) in [5, 5.41) is 0. The Morgan fingerprint density at radius 1 is 1.32 bits per heavy atom. The molecule has 0 saturated carbocycles. The molecule has 0 fully saturated rings. The van der Waals surface area contributed by atoms with Crippen LogP contribution in [-0.4, -0.2) is 26.6 Å². The molecule has 1 heterocycles. The predicted molar refractivity (Wildman–Crippen MR) is 57.3 cm³/mol. The van der Waals surface area contributed by atoms with Gasteiger partial charge in [-0.15, -0.1) is 0 Å². The number of fused-ring (bicyclic) bond motifs is 1. The maximum Gasteiger partial charge on any atom is 0.534 e. The molecule has 1 aromatic rings. The molecule has 5 nitrogen and oxygen atoms in total. The molecule has 1 aliphatic rings. The Morgan fingerprint density at radius 3 is 2.63 bits per heavy atom. The van der Waals surface area contributed by atoms with Gasteiger partial charge in [-0.2, -0.15) is 21.6 Å². The van der Waals surface area contributed by atoms with Crippen molar-refractivity contribution in [2.75, 3.05) is 6.61 Å². The number of hydrogen-bond acceptors (Lipinski definition) is 5. The van der Waals surface area contributed by atoms with Gasteiger partial charge in [-0.3, -0.25) is 0 Å². The Morgan fingerprint density at radius 2 is 2.00 bits per heavy atom. The van der Waals surface area contributed by atoms with Gasteiger partial charge in [-0.05, 0) is 19.1 Å². The zero-order valence-corrected chi connectivity index (χ0v) is 10.1. The number of rotatable bonds is 2. The van der Waals surface area contributed by atoms with Crippen LogP contribution in [0.4, 0.5) is 13.2 Å². The molecule has 0 aromatic heterocycles. The first kappa shape index (κ1) is 13.8. The molecule has 1 aliphatic heterocycles. The highest BCUT2D eigenvalue weighted by Gasteiger charge is 2.48. The van der Waals surface area contributed by atoms with Gasteiger partial charge in [0, 0.05) is 6.07 Å². The van der Waals surface area contributed by atoms with E-state index in [0.717, 1.165) is 12.1 Å². The molecule has 0 spiro atoms. The third-order valence-electron chi connectivity index (χ3n) is 2.12. The van der Waals surface area contributed by atoms with Crippen LogP contribution in [0.3, 0.4) is 0 Å². The first-order valence-corrected chi connectivity index (χ1v) is 6.37. The van der Waals surface area contributed by atoms with E-state index in [1.54, 1.807) is 0 Å². The topological polar surface area (TPSA) is 61.8 Å². The SMILES string of the molecule is [CH2]C1COc2ccc(OS(=O)(=O)C(F)(F)F)cc2O1. The second kappa shape index (κ2) is 4.48. The Labute approximate surface area is 107 Å². The average molecular weight is 297 g/mol. The second-order valence-electron chi connectivity index (χ2n) is 3.64.